The molecule has 0 aliphatic heterocycles. The lowest BCUT2D eigenvalue weighted by Crippen LogP contribution is -2.30. The molecule has 2 aromatic heterocycles. The number of carbonyl (C=O) groups excluding carboxylic acids is 2. The molecule has 0 fully saturated rings. The summed E-state index contributed by atoms with van der Waals surface area (Å²) in [6.07, 6.45) is 2.62. The minimum absolute atomic E-state index is 0.0126. The van der Waals surface area contributed by atoms with Crippen molar-refractivity contribution in [3.63, 3.8) is 0 Å². The molecule has 0 atom stereocenters. The van der Waals surface area contributed by atoms with Gasteiger partial charge in [-0.15, -0.1) is 5.10 Å². The number of hydrogen-bond acceptors (Lipinski definition) is 6. The van der Waals surface area contributed by atoms with E-state index in [0.717, 1.165) is 28.0 Å². The maximum Gasteiger partial charge on any atom is 0.362 e. The van der Waals surface area contributed by atoms with Crippen LogP contribution < -0.4 is 10.6 Å². The first-order chi connectivity index (χ1) is 12.2. The highest BCUT2D eigenvalue weighted by molar-refractivity contribution is 7.10. The van der Waals surface area contributed by atoms with Crippen molar-refractivity contribution in [1.82, 2.24) is 19.9 Å². The van der Waals surface area contributed by atoms with Crippen LogP contribution in [0.1, 0.15) is 23.0 Å². The highest BCUT2D eigenvalue weighted by atomic mass is 32.1. The minimum Gasteiger partial charge on any atom is -0.461 e. The van der Waals surface area contributed by atoms with Crippen LogP contribution in [0.25, 0.3) is 10.9 Å². The molecule has 2 amide bonds. The molecule has 25 heavy (non-hydrogen) atoms. The Bertz CT molecular complexity index is 889. The molecule has 3 N–H and O–H groups in total. The largest absolute Gasteiger partial charge is 0.461 e. The lowest BCUT2D eigenvalue weighted by molar-refractivity contribution is 0.0520. The number of para-hydroxylation sites is 1. The maximum atomic E-state index is 12.0. The molecule has 1 aromatic carbocycles. The van der Waals surface area contributed by atoms with E-state index in [2.05, 4.69) is 25.2 Å². The van der Waals surface area contributed by atoms with E-state index in [9.17, 15) is 9.59 Å². The van der Waals surface area contributed by atoms with Crippen molar-refractivity contribution in [1.29, 1.82) is 0 Å². The maximum absolute atomic E-state index is 12.0. The second kappa shape index (κ2) is 7.75. The Labute approximate surface area is 147 Å². The molecule has 0 spiro atoms. The van der Waals surface area contributed by atoms with Crippen LogP contribution in [-0.2, 0) is 11.2 Å². The van der Waals surface area contributed by atoms with E-state index in [0.29, 0.717) is 13.0 Å². The average Bonchev–Trinajstić information content (AvgIpc) is 3.22. The van der Waals surface area contributed by atoms with Crippen LogP contribution in [0.4, 0.5) is 9.80 Å². The molecule has 0 radical (unpaired) electrons. The molecule has 0 unspecified atom stereocenters. The number of carbonyl (C=O) groups is 2. The molecular formula is C16H17N5O3S. The number of nitrogens with one attached hydrogen (secondary N) is 3. The standard InChI is InChI=1S/C16H17N5O3S/c1-2-24-15(22)13-14(25-21-20-13)19-16(23)17-8-7-10-9-18-12-6-4-3-5-11(10)12/h3-6,9,18H,2,7-8H2,1H3,(H2,17,19,23). The van der Waals surface area contributed by atoms with Crippen molar-refractivity contribution in [3.05, 3.63) is 41.7 Å². The van der Waals surface area contributed by atoms with E-state index in [-0.39, 0.29) is 17.3 Å². The highest BCUT2D eigenvalue weighted by Crippen LogP contribution is 2.19. The number of benzene rings is 1. The normalized spacial score (nSPS) is 10.6. The number of rotatable bonds is 6. The van der Waals surface area contributed by atoms with Crippen molar-refractivity contribution in [2.24, 2.45) is 0 Å². The summed E-state index contributed by atoms with van der Waals surface area (Å²) in [6.45, 7) is 2.38. The molecule has 0 aliphatic rings. The SMILES string of the molecule is CCOC(=O)c1nnsc1NC(=O)NCCc1c[nH]c2ccccc12. The zero-order valence-corrected chi connectivity index (χ0v) is 14.4. The second-order valence-corrected chi connectivity index (χ2v) is 5.92. The van der Waals surface area contributed by atoms with E-state index in [4.69, 9.17) is 4.74 Å². The number of H-pyrrole nitrogens is 1. The Morgan fingerprint density at radius 1 is 1.32 bits per heavy atom. The fourth-order valence-electron chi connectivity index (χ4n) is 2.40. The second-order valence-electron chi connectivity index (χ2n) is 5.16. The number of amides is 2. The smallest absolute Gasteiger partial charge is 0.362 e. The number of urea groups is 1. The topological polar surface area (TPSA) is 109 Å². The summed E-state index contributed by atoms with van der Waals surface area (Å²) in [6, 6.07) is 7.57. The molecule has 0 saturated carbocycles. The van der Waals surface area contributed by atoms with Crippen LogP contribution in [0, 0.1) is 0 Å². The Morgan fingerprint density at radius 3 is 3.00 bits per heavy atom. The number of hydrogen-bond donors (Lipinski definition) is 3. The molecule has 3 aromatic rings. The summed E-state index contributed by atoms with van der Waals surface area (Å²) in [5, 5.41) is 10.4. The first-order valence-corrected chi connectivity index (χ1v) is 8.55. The highest BCUT2D eigenvalue weighted by Gasteiger charge is 2.19. The molecule has 8 nitrogen and oxygen atoms in total. The zero-order valence-electron chi connectivity index (χ0n) is 13.5. The van der Waals surface area contributed by atoms with Gasteiger partial charge in [-0.25, -0.2) is 9.59 Å². The summed E-state index contributed by atoms with van der Waals surface area (Å²) in [5.41, 5.74) is 2.21. The quantitative estimate of drug-likeness (QED) is 0.586. The molecule has 130 valence electrons. The van der Waals surface area contributed by atoms with Gasteiger partial charge >= 0.3 is 12.0 Å². The van der Waals surface area contributed by atoms with Gasteiger partial charge in [0, 0.05) is 35.2 Å². The Hall–Kier alpha value is -2.94. The van der Waals surface area contributed by atoms with E-state index >= 15 is 0 Å². The Morgan fingerprint density at radius 2 is 2.16 bits per heavy atom. The predicted octanol–water partition coefficient (Wildman–Crippen LogP) is 2.56. The summed E-state index contributed by atoms with van der Waals surface area (Å²) in [7, 11) is 0. The van der Waals surface area contributed by atoms with Crippen LogP contribution >= 0.6 is 11.5 Å². The van der Waals surface area contributed by atoms with Gasteiger partial charge in [0.1, 0.15) is 0 Å². The summed E-state index contributed by atoms with van der Waals surface area (Å²) in [4.78, 5) is 26.9. The first-order valence-electron chi connectivity index (χ1n) is 7.78. The number of aromatic amines is 1. The summed E-state index contributed by atoms with van der Waals surface area (Å²) in [5.74, 6) is -0.606. The molecule has 0 aliphatic carbocycles. The molecule has 0 saturated heterocycles. The molecule has 2 heterocycles. The van der Waals surface area contributed by atoms with Crippen molar-refractivity contribution in [2.75, 3.05) is 18.5 Å². The third-order valence-corrected chi connectivity index (χ3v) is 4.18. The lowest BCUT2D eigenvalue weighted by Gasteiger charge is -2.06. The third-order valence-electron chi connectivity index (χ3n) is 3.54. The predicted molar refractivity (Wildman–Crippen MR) is 94.9 cm³/mol. The van der Waals surface area contributed by atoms with E-state index in [1.807, 2.05) is 30.5 Å². The summed E-state index contributed by atoms with van der Waals surface area (Å²) >= 11 is 0.926. The van der Waals surface area contributed by atoms with Crippen LogP contribution in [0.5, 0.6) is 0 Å². The molecule has 9 heteroatoms. The van der Waals surface area contributed by atoms with Gasteiger partial charge in [0.15, 0.2) is 5.00 Å². The van der Waals surface area contributed by atoms with Gasteiger partial charge in [-0.2, -0.15) is 0 Å². The number of ether oxygens (including phenoxy) is 1. The van der Waals surface area contributed by atoms with Crippen molar-refractivity contribution < 1.29 is 14.3 Å². The molecule has 0 bridgehead atoms. The molecular weight excluding hydrogens is 342 g/mol. The third kappa shape index (κ3) is 3.94. The Balaban J connectivity index is 1.54. The van der Waals surface area contributed by atoms with Crippen molar-refractivity contribution >= 4 is 39.4 Å². The van der Waals surface area contributed by atoms with Crippen LogP contribution in [0.15, 0.2) is 30.5 Å². The average molecular weight is 359 g/mol. The number of nitrogens with zero attached hydrogens (tertiary/aromatic N) is 2. The fourth-order valence-corrected chi connectivity index (χ4v) is 2.96. The minimum atomic E-state index is -0.606. The van der Waals surface area contributed by atoms with Gasteiger partial charge in [0.2, 0.25) is 5.69 Å². The van der Waals surface area contributed by atoms with Gasteiger partial charge in [-0.05, 0) is 25.0 Å². The van der Waals surface area contributed by atoms with Gasteiger partial charge in [-0.1, -0.05) is 22.7 Å². The number of esters is 1. The zero-order chi connectivity index (χ0) is 17.6. The number of anilines is 1. The van der Waals surface area contributed by atoms with E-state index in [1.54, 1.807) is 6.92 Å². The molecule has 3 rings (SSSR count). The van der Waals surface area contributed by atoms with Gasteiger partial charge in [-0.3, -0.25) is 5.32 Å². The Kier molecular flexibility index (Phi) is 5.24. The van der Waals surface area contributed by atoms with Crippen LogP contribution in [-0.4, -0.2) is 39.7 Å². The lowest BCUT2D eigenvalue weighted by atomic mass is 10.1. The number of aromatic nitrogens is 3. The van der Waals surface area contributed by atoms with Gasteiger partial charge < -0.3 is 15.0 Å². The van der Waals surface area contributed by atoms with E-state index < -0.39 is 12.0 Å². The number of fused-ring (bicyclic) bond motifs is 1. The fraction of sp³-hybridized carbons (Fsp3) is 0.250. The van der Waals surface area contributed by atoms with Gasteiger partial charge in [0.05, 0.1) is 6.61 Å². The van der Waals surface area contributed by atoms with Crippen molar-refractivity contribution in [2.45, 2.75) is 13.3 Å². The van der Waals surface area contributed by atoms with E-state index in [1.165, 1.54) is 0 Å². The van der Waals surface area contributed by atoms with Crippen molar-refractivity contribution in [3.8, 4) is 0 Å². The monoisotopic (exact) mass is 359 g/mol. The first kappa shape index (κ1) is 16.9. The van der Waals surface area contributed by atoms with Crippen LogP contribution in [0.3, 0.4) is 0 Å². The summed E-state index contributed by atoms with van der Waals surface area (Å²) < 4.78 is 8.55. The van der Waals surface area contributed by atoms with Gasteiger partial charge in [0.25, 0.3) is 0 Å². The van der Waals surface area contributed by atoms with Crippen LogP contribution in [0.2, 0.25) is 0 Å².